The van der Waals surface area contributed by atoms with E-state index in [1.807, 2.05) is 18.3 Å². The fourth-order valence-electron chi connectivity index (χ4n) is 2.23. The van der Waals surface area contributed by atoms with Gasteiger partial charge in [0.1, 0.15) is 5.76 Å². The average Bonchev–Trinajstić information content (AvgIpc) is 3.12. The molecule has 0 bridgehead atoms. The molecule has 0 fully saturated rings. The molecule has 0 aliphatic heterocycles. The van der Waals surface area contributed by atoms with Gasteiger partial charge >= 0.3 is 0 Å². The molecule has 4 nitrogen and oxygen atoms in total. The zero-order valence-corrected chi connectivity index (χ0v) is 11.3. The summed E-state index contributed by atoms with van der Waals surface area (Å²) in [5.41, 5.74) is 3.26. The lowest BCUT2D eigenvalue weighted by Gasteiger charge is -2.14. The molecule has 1 aromatic carbocycles. The summed E-state index contributed by atoms with van der Waals surface area (Å²) >= 11 is 0. The van der Waals surface area contributed by atoms with E-state index in [-0.39, 0.29) is 0 Å². The first-order valence-corrected chi connectivity index (χ1v) is 6.69. The largest absolute Gasteiger partial charge is 0.469 e. The van der Waals surface area contributed by atoms with E-state index in [4.69, 9.17) is 4.42 Å². The second-order valence-corrected chi connectivity index (χ2v) is 4.87. The molecule has 3 aromatic rings. The minimum atomic E-state index is 0.319. The molecule has 3 rings (SSSR count). The molecule has 2 aromatic heterocycles. The van der Waals surface area contributed by atoms with Crippen molar-refractivity contribution in [1.29, 1.82) is 0 Å². The van der Waals surface area contributed by atoms with Gasteiger partial charge in [0.15, 0.2) is 0 Å². The average molecular weight is 267 g/mol. The number of furan rings is 1. The van der Waals surface area contributed by atoms with Gasteiger partial charge in [-0.05, 0) is 36.8 Å². The Bertz CT molecular complexity index is 627. The van der Waals surface area contributed by atoms with Crippen molar-refractivity contribution in [2.75, 3.05) is 5.32 Å². The van der Waals surface area contributed by atoms with Crippen LogP contribution in [0, 0.1) is 0 Å². The third-order valence-corrected chi connectivity index (χ3v) is 3.19. The molecule has 0 aliphatic carbocycles. The van der Waals surface area contributed by atoms with E-state index < -0.39 is 0 Å². The van der Waals surface area contributed by atoms with Gasteiger partial charge in [-0.15, -0.1) is 0 Å². The van der Waals surface area contributed by atoms with Gasteiger partial charge in [-0.1, -0.05) is 12.1 Å². The normalized spacial score (nSPS) is 12.2. The maximum absolute atomic E-state index is 5.36. The number of rotatable bonds is 5. The highest BCUT2D eigenvalue weighted by molar-refractivity contribution is 5.62. The molecule has 20 heavy (non-hydrogen) atoms. The number of hydrogen-bond donors (Lipinski definition) is 2. The van der Waals surface area contributed by atoms with E-state index in [2.05, 4.69) is 46.5 Å². The van der Waals surface area contributed by atoms with Crippen LogP contribution in [0.25, 0.3) is 11.3 Å². The van der Waals surface area contributed by atoms with Crippen LogP contribution < -0.4 is 5.32 Å². The van der Waals surface area contributed by atoms with Crippen molar-refractivity contribution in [2.45, 2.75) is 19.4 Å². The van der Waals surface area contributed by atoms with Crippen molar-refractivity contribution in [2.24, 2.45) is 0 Å². The maximum Gasteiger partial charge on any atom is 0.105 e. The van der Waals surface area contributed by atoms with Gasteiger partial charge in [0.25, 0.3) is 0 Å². The smallest absolute Gasteiger partial charge is 0.105 e. The summed E-state index contributed by atoms with van der Waals surface area (Å²) in [4.78, 5) is 7.13. The summed E-state index contributed by atoms with van der Waals surface area (Å²) in [6, 6.07) is 12.6. The molecule has 0 spiro atoms. The molecule has 102 valence electrons. The highest BCUT2D eigenvalue weighted by atomic mass is 16.3. The summed E-state index contributed by atoms with van der Waals surface area (Å²) in [6.45, 7) is 2.14. The molecule has 2 heterocycles. The third kappa shape index (κ3) is 2.91. The van der Waals surface area contributed by atoms with Crippen LogP contribution in [-0.4, -0.2) is 16.0 Å². The third-order valence-electron chi connectivity index (χ3n) is 3.19. The van der Waals surface area contributed by atoms with E-state index >= 15 is 0 Å². The summed E-state index contributed by atoms with van der Waals surface area (Å²) in [5, 5.41) is 3.47. The second kappa shape index (κ2) is 5.65. The number of hydrogen-bond acceptors (Lipinski definition) is 3. The van der Waals surface area contributed by atoms with E-state index in [9.17, 15) is 0 Å². The molecule has 0 aliphatic rings. The van der Waals surface area contributed by atoms with Crippen LogP contribution in [0.1, 0.15) is 12.7 Å². The summed E-state index contributed by atoms with van der Waals surface area (Å²) in [6.07, 6.45) is 6.09. The van der Waals surface area contributed by atoms with Crippen molar-refractivity contribution in [1.82, 2.24) is 9.97 Å². The van der Waals surface area contributed by atoms with Crippen LogP contribution in [0.5, 0.6) is 0 Å². The Hall–Kier alpha value is -2.49. The first-order chi connectivity index (χ1) is 9.81. The lowest BCUT2D eigenvalue weighted by atomic mass is 10.1. The standard InChI is InChI=1S/C16H17N3O/c1-12(9-15-3-2-8-20-15)19-14-6-4-13(5-7-14)16-10-17-11-18-16/h2-8,10-12,19H,9H2,1H3,(H,17,18). The molecule has 1 unspecified atom stereocenters. The summed E-state index contributed by atoms with van der Waals surface area (Å²) in [7, 11) is 0. The molecule has 0 amide bonds. The number of H-pyrrole nitrogens is 1. The predicted molar refractivity (Wildman–Crippen MR) is 79.5 cm³/mol. The fraction of sp³-hybridized carbons (Fsp3) is 0.188. The molecule has 2 N–H and O–H groups in total. The first-order valence-electron chi connectivity index (χ1n) is 6.69. The Balaban J connectivity index is 1.63. The minimum Gasteiger partial charge on any atom is -0.469 e. The Morgan fingerprint density at radius 1 is 1.25 bits per heavy atom. The molecular weight excluding hydrogens is 250 g/mol. The van der Waals surface area contributed by atoms with Gasteiger partial charge in [0.2, 0.25) is 0 Å². The number of nitrogens with one attached hydrogen (secondary N) is 2. The molecule has 4 heteroatoms. The highest BCUT2D eigenvalue weighted by Gasteiger charge is 2.06. The maximum atomic E-state index is 5.36. The van der Waals surface area contributed by atoms with E-state index in [1.54, 1.807) is 12.6 Å². The molecular formula is C16H17N3O. The van der Waals surface area contributed by atoms with E-state index in [0.29, 0.717) is 6.04 Å². The number of imidazole rings is 1. The summed E-state index contributed by atoms with van der Waals surface area (Å²) < 4.78 is 5.36. The van der Waals surface area contributed by atoms with Gasteiger partial charge in [0, 0.05) is 18.2 Å². The Labute approximate surface area is 117 Å². The van der Waals surface area contributed by atoms with E-state index in [0.717, 1.165) is 29.1 Å². The molecule has 0 saturated carbocycles. The monoisotopic (exact) mass is 267 g/mol. The Kier molecular flexibility index (Phi) is 3.54. The molecule has 0 saturated heterocycles. The molecule has 0 radical (unpaired) electrons. The zero-order chi connectivity index (χ0) is 13.8. The Morgan fingerprint density at radius 2 is 2.10 bits per heavy atom. The van der Waals surface area contributed by atoms with Crippen molar-refractivity contribution in [3.63, 3.8) is 0 Å². The Morgan fingerprint density at radius 3 is 2.75 bits per heavy atom. The van der Waals surface area contributed by atoms with Crippen LogP contribution in [0.2, 0.25) is 0 Å². The van der Waals surface area contributed by atoms with Crippen molar-refractivity contribution < 1.29 is 4.42 Å². The summed E-state index contributed by atoms with van der Waals surface area (Å²) in [5.74, 6) is 0.999. The van der Waals surface area contributed by atoms with Crippen LogP contribution >= 0.6 is 0 Å². The molecule has 1 atom stereocenters. The van der Waals surface area contributed by atoms with Crippen LogP contribution in [0.3, 0.4) is 0 Å². The van der Waals surface area contributed by atoms with Gasteiger partial charge in [-0.3, -0.25) is 0 Å². The topological polar surface area (TPSA) is 53.9 Å². The van der Waals surface area contributed by atoms with Gasteiger partial charge in [-0.2, -0.15) is 0 Å². The van der Waals surface area contributed by atoms with E-state index in [1.165, 1.54) is 0 Å². The van der Waals surface area contributed by atoms with Crippen molar-refractivity contribution in [3.05, 3.63) is 60.9 Å². The first kappa shape index (κ1) is 12.5. The van der Waals surface area contributed by atoms with Gasteiger partial charge in [-0.25, -0.2) is 4.98 Å². The SMILES string of the molecule is CC(Cc1ccco1)Nc1ccc(-c2cnc[nH]2)cc1. The second-order valence-electron chi connectivity index (χ2n) is 4.87. The number of nitrogens with zero attached hydrogens (tertiary/aromatic N) is 1. The number of benzene rings is 1. The quantitative estimate of drug-likeness (QED) is 0.741. The lowest BCUT2D eigenvalue weighted by Crippen LogP contribution is -2.17. The zero-order valence-electron chi connectivity index (χ0n) is 11.3. The van der Waals surface area contributed by atoms with Crippen LogP contribution in [0.15, 0.2) is 59.6 Å². The van der Waals surface area contributed by atoms with Crippen molar-refractivity contribution in [3.8, 4) is 11.3 Å². The number of aromatic nitrogens is 2. The number of anilines is 1. The predicted octanol–water partition coefficient (Wildman–Crippen LogP) is 3.71. The van der Waals surface area contributed by atoms with Gasteiger partial charge < -0.3 is 14.7 Å². The number of aromatic amines is 1. The van der Waals surface area contributed by atoms with Crippen LogP contribution in [0.4, 0.5) is 5.69 Å². The van der Waals surface area contributed by atoms with Gasteiger partial charge in [0.05, 0.1) is 24.5 Å². The highest BCUT2D eigenvalue weighted by Crippen LogP contribution is 2.19. The lowest BCUT2D eigenvalue weighted by molar-refractivity contribution is 0.498. The van der Waals surface area contributed by atoms with Crippen molar-refractivity contribution >= 4 is 5.69 Å². The minimum absolute atomic E-state index is 0.319. The fourth-order valence-corrected chi connectivity index (χ4v) is 2.23. The van der Waals surface area contributed by atoms with Crippen LogP contribution in [-0.2, 0) is 6.42 Å².